The van der Waals surface area contributed by atoms with E-state index in [4.69, 9.17) is 5.73 Å². The molecule has 124 valence electrons. The van der Waals surface area contributed by atoms with Crippen molar-refractivity contribution < 1.29 is 4.79 Å². The van der Waals surface area contributed by atoms with Crippen molar-refractivity contribution in [1.29, 1.82) is 0 Å². The number of amides is 1. The number of nitrogens with zero attached hydrogens (tertiary/aromatic N) is 2. The molecule has 0 bridgehead atoms. The van der Waals surface area contributed by atoms with Gasteiger partial charge in [0, 0.05) is 18.2 Å². The molecule has 0 spiro atoms. The molecule has 1 aromatic heterocycles. The van der Waals surface area contributed by atoms with Crippen LogP contribution in [0.1, 0.15) is 38.1 Å². The summed E-state index contributed by atoms with van der Waals surface area (Å²) in [5.74, 6) is -0.0816. The number of carbonyl (C=O) groups excluding carboxylic acids is 1. The Balaban J connectivity index is 2.07. The zero-order valence-corrected chi connectivity index (χ0v) is 14.1. The summed E-state index contributed by atoms with van der Waals surface area (Å²) in [4.78, 5) is 12.0. The molecule has 5 nitrogen and oxygen atoms in total. The lowest BCUT2D eigenvalue weighted by molar-refractivity contribution is -0.123. The van der Waals surface area contributed by atoms with Crippen molar-refractivity contribution in [2.24, 2.45) is 5.73 Å². The van der Waals surface area contributed by atoms with Gasteiger partial charge in [0.15, 0.2) is 0 Å². The number of para-hydroxylation sites is 1. The molecule has 0 saturated heterocycles. The summed E-state index contributed by atoms with van der Waals surface area (Å²) in [6, 6.07) is 11.6. The molecule has 0 fully saturated rings. The third kappa shape index (κ3) is 4.66. The third-order valence-electron chi connectivity index (χ3n) is 3.75. The molecule has 0 aliphatic carbocycles. The average Bonchev–Trinajstić information content (AvgIpc) is 2.88. The first-order valence-corrected chi connectivity index (χ1v) is 8.18. The highest BCUT2D eigenvalue weighted by molar-refractivity contribution is 5.81. The topological polar surface area (TPSA) is 72.9 Å². The first kappa shape index (κ1) is 17.2. The number of aromatic nitrogens is 2. The molecule has 1 amide bonds. The van der Waals surface area contributed by atoms with Crippen molar-refractivity contribution in [3.63, 3.8) is 0 Å². The fourth-order valence-electron chi connectivity index (χ4n) is 2.65. The minimum absolute atomic E-state index is 0.00367. The maximum Gasteiger partial charge on any atom is 0.237 e. The predicted octanol–water partition coefficient (Wildman–Crippen LogP) is 2.36. The van der Waals surface area contributed by atoms with Gasteiger partial charge >= 0.3 is 0 Å². The van der Waals surface area contributed by atoms with Gasteiger partial charge in [-0.05, 0) is 38.5 Å². The SMILES string of the molecule is CCCC(N)C(=O)NC(C)Cc1cc(C)nn1-c1ccccc1. The van der Waals surface area contributed by atoms with Crippen LogP contribution in [0.25, 0.3) is 5.69 Å². The van der Waals surface area contributed by atoms with Gasteiger partial charge in [0.1, 0.15) is 0 Å². The maximum atomic E-state index is 12.0. The van der Waals surface area contributed by atoms with Gasteiger partial charge in [-0.3, -0.25) is 4.79 Å². The normalized spacial score (nSPS) is 13.6. The van der Waals surface area contributed by atoms with Gasteiger partial charge in [0.05, 0.1) is 17.4 Å². The van der Waals surface area contributed by atoms with E-state index in [-0.39, 0.29) is 11.9 Å². The van der Waals surface area contributed by atoms with E-state index in [0.717, 1.165) is 23.5 Å². The van der Waals surface area contributed by atoms with E-state index >= 15 is 0 Å². The second-order valence-corrected chi connectivity index (χ2v) is 6.03. The summed E-state index contributed by atoms with van der Waals surface area (Å²) in [6.45, 7) is 6.00. The van der Waals surface area contributed by atoms with E-state index in [1.165, 1.54) is 0 Å². The lowest BCUT2D eigenvalue weighted by Gasteiger charge is -2.18. The molecular weight excluding hydrogens is 288 g/mol. The minimum atomic E-state index is -0.428. The molecule has 2 atom stereocenters. The number of carbonyl (C=O) groups is 1. The van der Waals surface area contributed by atoms with E-state index in [2.05, 4.69) is 16.5 Å². The summed E-state index contributed by atoms with van der Waals surface area (Å²) in [6.07, 6.45) is 2.32. The van der Waals surface area contributed by atoms with E-state index in [1.54, 1.807) is 0 Å². The molecule has 1 aromatic carbocycles. The Hall–Kier alpha value is -2.14. The number of hydrogen-bond acceptors (Lipinski definition) is 3. The Kier molecular flexibility index (Phi) is 5.93. The van der Waals surface area contributed by atoms with Crippen molar-refractivity contribution in [2.45, 2.75) is 52.1 Å². The molecule has 2 aromatic rings. The molecule has 0 aliphatic rings. The summed E-state index contributed by atoms with van der Waals surface area (Å²) in [5, 5.41) is 7.55. The number of aryl methyl sites for hydroxylation is 1. The van der Waals surface area contributed by atoms with Crippen molar-refractivity contribution in [3.8, 4) is 5.69 Å². The molecule has 0 saturated carbocycles. The molecule has 5 heteroatoms. The largest absolute Gasteiger partial charge is 0.352 e. The highest BCUT2D eigenvalue weighted by Gasteiger charge is 2.17. The molecule has 3 N–H and O–H groups in total. The summed E-state index contributed by atoms with van der Waals surface area (Å²) < 4.78 is 1.93. The van der Waals surface area contributed by atoms with Gasteiger partial charge in [-0.25, -0.2) is 4.68 Å². The fourth-order valence-corrected chi connectivity index (χ4v) is 2.65. The molecule has 23 heavy (non-hydrogen) atoms. The Morgan fingerprint density at radius 1 is 1.35 bits per heavy atom. The quantitative estimate of drug-likeness (QED) is 0.824. The van der Waals surface area contributed by atoms with Crippen LogP contribution >= 0.6 is 0 Å². The summed E-state index contributed by atoms with van der Waals surface area (Å²) in [5.41, 5.74) is 8.93. The zero-order valence-electron chi connectivity index (χ0n) is 14.1. The van der Waals surface area contributed by atoms with Crippen LogP contribution in [-0.4, -0.2) is 27.8 Å². The van der Waals surface area contributed by atoms with E-state index in [1.807, 2.05) is 55.8 Å². The van der Waals surface area contributed by atoms with Crippen molar-refractivity contribution in [2.75, 3.05) is 0 Å². The highest BCUT2D eigenvalue weighted by atomic mass is 16.2. The molecule has 2 unspecified atom stereocenters. The van der Waals surface area contributed by atoms with Crippen LogP contribution < -0.4 is 11.1 Å². The highest BCUT2D eigenvalue weighted by Crippen LogP contribution is 2.14. The van der Waals surface area contributed by atoms with Gasteiger partial charge in [-0.15, -0.1) is 0 Å². The molecule has 2 rings (SSSR count). The van der Waals surface area contributed by atoms with Gasteiger partial charge < -0.3 is 11.1 Å². The lowest BCUT2D eigenvalue weighted by Crippen LogP contribution is -2.45. The maximum absolute atomic E-state index is 12.0. The molecule has 1 heterocycles. The standard InChI is InChI=1S/C18H26N4O/c1-4-8-17(19)18(23)20-13(2)11-16-12-14(3)21-22(16)15-9-6-5-7-10-15/h5-7,9-10,12-13,17H,4,8,11,19H2,1-3H3,(H,20,23). The summed E-state index contributed by atoms with van der Waals surface area (Å²) >= 11 is 0. The fraction of sp³-hybridized carbons (Fsp3) is 0.444. The smallest absolute Gasteiger partial charge is 0.237 e. The van der Waals surface area contributed by atoms with Gasteiger partial charge in [-0.1, -0.05) is 31.5 Å². The molecule has 0 radical (unpaired) electrons. The lowest BCUT2D eigenvalue weighted by atomic mass is 10.1. The van der Waals surface area contributed by atoms with Gasteiger partial charge in [0.25, 0.3) is 0 Å². The summed E-state index contributed by atoms with van der Waals surface area (Å²) in [7, 11) is 0. The predicted molar refractivity (Wildman–Crippen MR) is 92.5 cm³/mol. The van der Waals surface area contributed by atoms with Crippen LogP contribution in [0.15, 0.2) is 36.4 Å². The van der Waals surface area contributed by atoms with Crippen LogP contribution in [0.5, 0.6) is 0 Å². The van der Waals surface area contributed by atoms with E-state index in [9.17, 15) is 4.79 Å². The molecular formula is C18H26N4O. The minimum Gasteiger partial charge on any atom is -0.352 e. The van der Waals surface area contributed by atoms with Crippen molar-refractivity contribution >= 4 is 5.91 Å². The number of hydrogen-bond donors (Lipinski definition) is 2. The second-order valence-electron chi connectivity index (χ2n) is 6.03. The number of nitrogens with one attached hydrogen (secondary N) is 1. The zero-order chi connectivity index (χ0) is 16.8. The van der Waals surface area contributed by atoms with E-state index < -0.39 is 6.04 Å². The second kappa shape index (κ2) is 7.92. The monoisotopic (exact) mass is 314 g/mol. The first-order valence-electron chi connectivity index (χ1n) is 8.18. The Morgan fingerprint density at radius 3 is 2.70 bits per heavy atom. The average molecular weight is 314 g/mol. The van der Waals surface area contributed by atoms with Crippen LogP contribution in [0.2, 0.25) is 0 Å². The third-order valence-corrected chi connectivity index (χ3v) is 3.75. The van der Waals surface area contributed by atoms with Crippen LogP contribution in [0.3, 0.4) is 0 Å². The van der Waals surface area contributed by atoms with E-state index in [0.29, 0.717) is 12.8 Å². The number of nitrogens with two attached hydrogens (primary N) is 1. The van der Waals surface area contributed by atoms with Gasteiger partial charge in [0.2, 0.25) is 5.91 Å². The Bertz CT molecular complexity index is 636. The first-order chi connectivity index (χ1) is 11.0. The van der Waals surface area contributed by atoms with Gasteiger partial charge in [-0.2, -0.15) is 5.10 Å². The van der Waals surface area contributed by atoms with Crippen molar-refractivity contribution in [1.82, 2.24) is 15.1 Å². The molecule has 0 aliphatic heterocycles. The van der Waals surface area contributed by atoms with Crippen LogP contribution in [-0.2, 0) is 11.2 Å². The van der Waals surface area contributed by atoms with Crippen LogP contribution in [0, 0.1) is 6.92 Å². The van der Waals surface area contributed by atoms with Crippen LogP contribution in [0.4, 0.5) is 0 Å². The number of benzene rings is 1. The number of rotatable bonds is 7. The van der Waals surface area contributed by atoms with Crippen molar-refractivity contribution in [3.05, 3.63) is 47.8 Å². The Labute approximate surface area is 137 Å². The Morgan fingerprint density at radius 2 is 2.04 bits per heavy atom.